The van der Waals surface area contributed by atoms with Crippen LogP contribution in [0.4, 0.5) is 0 Å². The molecule has 2 aromatic heterocycles. The van der Waals surface area contributed by atoms with E-state index in [0.717, 1.165) is 25.7 Å². The Hall–Kier alpha value is -2.08. The lowest BCUT2D eigenvalue weighted by atomic mass is 9.93. The van der Waals surface area contributed by atoms with Crippen LogP contribution in [0.2, 0.25) is 5.02 Å². The Morgan fingerprint density at radius 2 is 2.17 bits per heavy atom. The Morgan fingerprint density at radius 1 is 1.39 bits per heavy atom. The van der Waals surface area contributed by atoms with E-state index in [1.165, 1.54) is 0 Å². The van der Waals surface area contributed by atoms with E-state index in [0.29, 0.717) is 16.5 Å². The molecule has 0 aliphatic heterocycles. The van der Waals surface area contributed by atoms with Gasteiger partial charge in [-0.1, -0.05) is 11.6 Å². The van der Waals surface area contributed by atoms with Crippen molar-refractivity contribution in [2.45, 2.75) is 37.8 Å². The summed E-state index contributed by atoms with van der Waals surface area (Å²) < 4.78 is 7.48. The molecule has 1 aliphatic rings. The highest BCUT2D eigenvalue weighted by Crippen LogP contribution is 2.27. The molecule has 1 amide bonds. The second-order valence-electron chi connectivity index (χ2n) is 5.76. The molecule has 1 N–H and O–H groups in total. The molecule has 3 rings (SSSR count). The summed E-state index contributed by atoms with van der Waals surface area (Å²) in [6, 6.07) is 3.71. The van der Waals surface area contributed by atoms with Crippen molar-refractivity contribution < 1.29 is 9.53 Å². The summed E-state index contributed by atoms with van der Waals surface area (Å²) in [6.07, 6.45) is 8.54. The highest BCUT2D eigenvalue weighted by atomic mass is 35.5. The van der Waals surface area contributed by atoms with Gasteiger partial charge in [-0.25, -0.2) is 4.98 Å². The number of carbonyl (C=O) groups excluding carboxylic acids is 1. The highest BCUT2D eigenvalue weighted by molar-refractivity contribution is 6.31. The summed E-state index contributed by atoms with van der Waals surface area (Å²) in [6.45, 7) is 0. The average Bonchev–Trinajstić information content (AvgIpc) is 2.98. The molecule has 0 spiro atoms. The zero-order valence-corrected chi connectivity index (χ0v) is 13.7. The summed E-state index contributed by atoms with van der Waals surface area (Å²) in [5, 5.41) is 7.60. The molecule has 1 aliphatic carbocycles. The number of rotatable bonds is 4. The summed E-state index contributed by atoms with van der Waals surface area (Å²) >= 11 is 6.06. The lowest BCUT2D eigenvalue weighted by molar-refractivity contribution is 0.0890. The first-order valence-electron chi connectivity index (χ1n) is 7.68. The van der Waals surface area contributed by atoms with Crippen LogP contribution >= 0.6 is 11.6 Å². The number of amides is 1. The van der Waals surface area contributed by atoms with E-state index >= 15 is 0 Å². The van der Waals surface area contributed by atoms with Crippen LogP contribution in [0.25, 0.3) is 0 Å². The molecule has 0 aromatic carbocycles. The minimum Gasteiger partial charge on any atom is -0.473 e. The van der Waals surface area contributed by atoms with E-state index in [9.17, 15) is 4.79 Å². The third-order valence-corrected chi connectivity index (χ3v) is 4.27. The number of carbonyl (C=O) groups is 1. The lowest BCUT2D eigenvalue weighted by Crippen LogP contribution is -2.39. The minimum absolute atomic E-state index is 0.0739. The van der Waals surface area contributed by atoms with E-state index < -0.39 is 0 Å². The molecule has 0 bridgehead atoms. The number of nitrogens with zero attached hydrogens (tertiary/aromatic N) is 3. The Balaban J connectivity index is 1.49. The maximum absolute atomic E-state index is 12.1. The third kappa shape index (κ3) is 4.01. The number of nitrogens with one attached hydrogen (secondary N) is 1. The first-order chi connectivity index (χ1) is 11.1. The Kier molecular flexibility index (Phi) is 4.81. The second kappa shape index (κ2) is 7.00. The van der Waals surface area contributed by atoms with E-state index in [4.69, 9.17) is 16.3 Å². The first kappa shape index (κ1) is 15.8. The molecule has 122 valence electrons. The van der Waals surface area contributed by atoms with Gasteiger partial charge >= 0.3 is 0 Å². The molecule has 0 atom stereocenters. The van der Waals surface area contributed by atoms with Gasteiger partial charge in [-0.2, -0.15) is 5.10 Å². The first-order valence-corrected chi connectivity index (χ1v) is 8.06. The maximum atomic E-state index is 12.1. The van der Waals surface area contributed by atoms with Crippen molar-refractivity contribution in [2.24, 2.45) is 7.05 Å². The fourth-order valence-corrected chi connectivity index (χ4v) is 2.91. The van der Waals surface area contributed by atoms with Crippen LogP contribution < -0.4 is 10.1 Å². The van der Waals surface area contributed by atoms with Gasteiger partial charge in [0.25, 0.3) is 5.91 Å². The standard InChI is InChI=1S/C16H19ClN4O2/c1-21-10-11(9-19-21)15(22)20-12-4-6-13(7-5-12)23-16-14(17)3-2-8-18-16/h2-3,8-10,12-13H,4-7H2,1H3,(H,20,22). The fourth-order valence-electron chi connectivity index (χ4n) is 2.75. The van der Waals surface area contributed by atoms with Gasteiger partial charge in [-0.3, -0.25) is 9.48 Å². The molecule has 2 aromatic rings. The van der Waals surface area contributed by atoms with Gasteiger partial charge in [-0.15, -0.1) is 0 Å². The van der Waals surface area contributed by atoms with E-state index in [-0.39, 0.29) is 18.1 Å². The number of hydrogen-bond acceptors (Lipinski definition) is 4. The van der Waals surface area contributed by atoms with Crippen molar-refractivity contribution in [3.63, 3.8) is 0 Å². The Morgan fingerprint density at radius 3 is 2.83 bits per heavy atom. The van der Waals surface area contributed by atoms with Crippen LogP contribution in [0.5, 0.6) is 5.88 Å². The topological polar surface area (TPSA) is 69.0 Å². The van der Waals surface area contributed by atoms with Gasteiger partial charge in [0.1, 0.15) is 11.1 Å². The molecule has 6 nitrogen and oxygen atoms in total. The zero-order valence-electron chi connectivity index (χ0n) is 12.9. The number of halogens is 1. The van der Waals surface area contributed by atoms with Gasteiger partial charge in [0.15, 0.2) is 0 Å². The van der Waals surface area contributed by atoms with Crippen molar-refractivity contribution in [1.29, 1.82) is 0 Å². The van der Waals surface area contributed by atoms with Gasteiger partial charge in [-0.05, 0) is 37.8 Å². The van der Waals surface area contributed by atoms with E-state index in [2.05, 4.69) is 15.4 Å². The smallest absolute Gasteiger partial charge is 0.254 e. The number of hydrogen-bond donors (Lipinski definition) is 1. The number of pyridine rings is 1. The van der Waals surface area contributed by atoms with Crippen LogP contribution in [0.1, 0.15) is 36.0 Å². The van der Waals surface area contributed by atoms with Crippen molar-refractivity contribution in [1.82, 2.24) is 20.1 Å². The van der Waals surface area contributed by atoms with Crippen molar-refractivity contribution in [3.8, 4) is 5.88 Å². The van der Waals surface area contributed by atoms with Crippen LogP contribution in [0, 0.1) is 0 Å². The maximum Gasteiger partial charge on any atom is 0.254 e. The zero-order chi connectivity index (χ0) is 16.2. The number of ether oxygens (including phenoxy) is 1. The second-order valence-corrected chi connectivity index (χ2v) is 6.17. The van der Waals surface area contributed by atoms with E-state index in [1.54, 1.807) is 42.5 Å². The summed E-state index contributed by atoms with van der Waals surface area (Å²) in [7, 11) is 1.79. The molecule has 7 heteroatoms. The van der Waals surface area contributed by atoms with Crippen LogP contribution in [-0.2, 0) is 7.05 Å². The molecule has 1 fully saturated rings. The van der Waals surface area contributed by atoms with Gasteiger partial charge < -0.3 is 10.1 Å². The van der Waals surface area contributed by atoms with E-state index in [1.807, 2.05) is 0 Å². The third-order valence-electron chi connectivity index (χ3n) is 3.98. The summed E-state index contributed by atoms with van der Waals surface area (Å²) in [5.74, 6) is 0.409. The highest BCUT2D eigenvalue weighted by Gasteiger charge is 2.25. The quantitative estimate of drug-likeness (QED) is 0.933. The predicted octanol–water partition coefficient (Wildman–Crippen LogP) is 2.59. The van der Waals surface area contributed by atoms with Crippen molar-refractivity contribution >= 4 is 17.5 Å². The molecular weight excluding hydrogens is 316 g/mol. The predicted molar refractivity (Wildman–Crippen MR) is 86.6 cm³/mol. The number of aromatic nitrogens is 3. The van der Waals surface area contributed by atoms with Gasteiger partial charge in [0.2, 0.25) is 5.88 Å². The molecule has 0 radical (unpaired) electrons. The largest absolute Gasteiger partial charge is 0.473 e. The minimum atomic E-state index is -0.0739. The monoisotopic (exact) mass is 334 g/mol. The Bertz CT molecular complexity index is 680. The van der Waals surface area contributed by atoms with Gasteiger partial charge in [0.05, 0.1) is 11.8 Å². The van der Waals surface area contributed by atoms with Crippen LogP contribution in [0.15, 0.2) is 30.7 Å². The van der Waals surface area contributed by atoms with Gasteiger partial charge in [0, 0.05) is 25.5 Å². The fraction of sp³-hybridized carbons (Fsp3) is 0.438. The van der Waals surface area contributed by atoms with Crippen molar-refractivity contribution in [3.05, 3.63) is 41.3 Å². The van der Waals surface area contributed by atoms with Crippen LogP contribution in [-0.4, -0.2) is 32.8 Å². The normalized spacial score (nSPS) is 21.0. The molecule has 2 heterocycles. The SMILES string of the molecule is Cn1cc(C(=O)NC2CCC(Oc3ncccc3Cl)CC2)cn1. The molecular formula is C16H19ClN4O2. The molecule has 23 heavy (non-hydrogen) atoms. The average molecular weight is 335 g/mol. The lowest BCUT2D eigenvalue weighted by Gasteiger charge is -2.29. The summed E-state index contributed by atoms with van der Waals surface area (Å²) in [5.41, 5.74) is 0.589. The van der Waals surface area contributed by atoms with Crippen molar-refractivity contribution in [2.75, 3.05) is 0 Å². The van der Waals surface area contributed by atoms with Crippen LogP contribution in [0.3, 0.4) is 0 Å². The number of aryl methyl sites for hydroxylation is 1. The Labute approximate surface area is 139 Å². The molecule has 0 saturated heterocycles. The summed E-state index contributed by atoms with van der Waals surface area (Å²) in [4.78, 5) is 16.3. The molecule has 1 saturated carbocycles. The molecule has 0 unspecified atom stereocenters.